The van der Waals surface area contributed by atoms with Gasteiger partial charge in [0.15, 0.2) is 5.82 Å². The fourth-order valence-electron chi connectivity index (χ4n) is 12.5. The number of aromatic hydroxyl groups is 1. The fourth-order valence-corrected chi connectivity index (χ4v) is 12.5. The highest BCUT2D eigenvalue weighted by Crippen LogP contribution is 2.55. The second-order valence-corrected chi connectivity index (χ2v) is 21.5. The summed E-state index contributed by atoms with van der Waals surface area (Å²) in [5.41, 5.74) is 2.28. The number of benzene rings is 3. The van der Waals surface area contributed by atoms with Crippen LogP contribution in [0.25, 0.3) is 32.9 Å². The van der Waals surface area contributed by atoms with Crippen molar-refractivity contribution in [1.82, 2.24) is 35.0 Å². The van der Waals surface area contributed by atoms with E-state index < -0.39 is 29.2 Å². The second-order valence-electron chi connectivity index (χ2n) is 21.5. The number of halogens is 2. The van der Waals surface area contributed by atoms with Gasteiger partial charge in [-0.25, -0.2) is 8.78 Å². The summed E-state index contributed by atoms with van der Waals surface area (Å²) in [5.74, 6) is 0.449. The Balaban J connectivity index is 0.686. The first-order valence-corrected chi connectivity index (χ1v) is 25.1. The molecule has 12 rings (SSSR count). The molecule has 2 aromatic heterocycles. The Morgan fingerprint density at radius 3 is 2.46 bits per heavy atom. The third kappa shape index (κ3) is 8.16. The number of nitrogens with zero attached hydrogens (tertiary/aromatic N) is 8. The number of fused-ring (bicyclic) bond motifs is 4. The third-order valence-electron chi connectivity index (χ3n) is 16.6. The van der Waals surface area contributed by atoms with E-state index in [1.54, 1.807) is 24.0 Å². The van der Waals surface area contributed by atoms with Crippen LogP contribution in [0.2, 0.25) is 0 Å². The molecule has 5 aromatic rings. The number of piperidine rings is 3. The number of pyridine rings is 1. The van der Waals surface area contributed by atoms with E-state index in [9.17, 15) is 24.6 Å². The molecule has 0 bridgehead atoms. The lowest BCUT2D eigenvalue weighted by molar-refractivity contribution is -0.136. The molecule has 0 spiro atoms. The molecule has 6 fully saturated rings. The number of aromatic nitrogens is 3. The summed E-state index contributed by atoms with van der Waals surface area (Å²) in [6, 6.07) is 11.4. The summed E-state index contributed by atoms with van der Waals surface area (Å²) in [6.45, 7) is 13.2. The number of carbonyl (C=O) groups excluding carboxylic acids is 3. The van der Waals surface area contributed by atoms with E-state index in [4.69, 9.17) is 14.7 Å². The van der Waals surface area contributed by atoms with Crippen LogP contribution in [0.15, 0.2) is 48.7 Å². The van der Waals surface area contributed by atoms with Crippen LogP contribution in [-0.4, -0.2) is 141 Å². The SMILES string of the molecule is CCc1c(F)ccc2cc(O)cc(-c3ncc4c(N5CCC[C@@](C)(O)C5)nc(OCC5(CN6C[C@@H]7C(CN8CCN(c9ccc%10c(c9)CN([C@H]9CCC(=O)NC9=O)C%10=O)CC8)[C@@H]7C6)CC5)nc4c3F)c12. The number of aliphatic hydroxyl groups is 1. The topological polar surface area (TPSA) is 168 Å². The van der Waals surface area contributed by atoms with Crippen LogP contribution >= 0.6 is 0 Å². The number of aryl methyl sites for hydroxylation is 1. The zero-order chi connectivity index (χ0) is 48.2. The molecule has 5 aliphatic heterocycles. The van der Waals surface area contributed by atoms with Crippen molar-refractivity contribution >= 4 is 50.9 Å². The molecule has 70 heavy (non-hydrogen) atoms. The van der Waals surface area contributed by atoms with Gasteiger partial charge in [-0.15, -0.1) is 0 Å². The number of nitrogens with one attached hydrogen (secondary N) is 1. The number of imide groups is 1. The van der Waals surface area contributed by atoms with Crippen LogP contribution in [0.3, 0.4) is 0 Å². The Bertz CT molecular complexity index is 2960. The first kappa shape index (κ1) is 45.1. The van der Waals surface area contributed by atoms with Crippen LogP contribution in [0, 0.1) is 34.8 Å². The van der Waals surface area contributed by atoms with Crippen LogP contribution in [-0.2, 0) is 22.6 Å². The summed E-state index contributed by atoms with van der Waals surface area (Å²) in [4.78, 5) is 62.7. The number of hydrogen-bond acceptors (Lipinski definition) is 13. The van der Waals surface area contributed by atoms with Gasteiger partial charge in [0.1, 0.15) is 34.6 Å². The maximum absolute atomic E-state index is 17.1. The van der Waals surface area contributed by atoms with E-state index in [2.05, 4.69) is 31.1 Å². The summed E-state index contributed by atoms with van der Waals surface area (Å²) in [5, 5.41) is 25.6. The molecule has 2 aliphatic carbocycles. The molecule has 3 amide bonds. The Morgan fingerprint density at radius 1 is 0.914 bits per heavy atom. The number of ether oxygens (including phenoxy) is 1. The van der Waals surface area contributed by atoms with Gasteiger partial charge in [0.25, 0.3) is 5.91 Å². The predicted octanol–water partition coefficient (Wildman–Crippen LogP) is 5.66. The highest BCUT2D eigenvalue weighted by atomic mass is 19.1. The highest BCUT2D eigenvalue weighted by Gasteiger charge is 2.57. The highest BCUT2D eigenvalue weighted by molar-refractivity contribution is 6.06. The molecule has 3 aromatic carbocycles. The molecule has 1 unspecified atom stereocenters. The molecule has 7 heterocycles. The smallest absolute Gasteiger partial charge is 0.319 e. The average Bonchev–Trinajstić information content (AvgIpc) is 4.15. The molecule has 17 heteroatoms. The van der Waals surface area contributed by atoms with Crippen molar-refractivity contribution < 1.29 is 38.1 Å². The molecule has 5 atom stereocenters. The first-order valence-electron chi connectivity index (χ1n) is 25.1. The van der Waals surface area contributed by atoms with Gasteiger partial charge in [-0.1, -0.05) is 13.0 Å². The number of phenolic OH excluding ortho intramolecular Hbond substituents is 1. The number of carbonyl (C=O) groups is 3. The summed E-state index contributed by atoms with van der Waals surface area (Å²) < 4.78 is 38.8. The Kier molecular flexibility index (Phi) is 11.0. The van der Waals surface area contributed by atoms with Crippen LogP contribution in [0.4, 0.5) is 20.3 Å². The Morgan fingerprint density at radius 2 is 1.71 bits per heavy atom. The molecular formula is C53H59F2N9O6. The number of likely N-dealkylation sites (tertiary alicyclic amines) is 1. The van der Waals surface area contributed by atoms with Crippen LogP contribution < -0.4 is 19.9 Å². The zero-order valence-electron chi connectivity index (χ0n) is 39.7. The summed E-state index contributed by atoms with van der Waals surface area (Å²) in [6.07, 6.45) is 5.87. The van der Waals surface area contributed by atoms with Crippen molar-refractivity contribution in [3.63, 3.8) is 0 Å². The van der Waals surface area contributed by atoms with Crippen molar-refractivity contribution in [2.24, 2.45) is 23.2 Å². The van der Waals surface area contributed by atoms with Crippen molar-refractivity contribution in [3.8, 4) is 23.0 Å². The normalized spacial score (nSPS) is 26.5. The van der Waals surface area contributed by atoms with Gasteiger partial charge in [-0.3, -0.25) is 29.6 Å². The standard InChI is InChI=1S/C53H59F2N9O6/c1-3-34-41(54)8-5-30-20-33(65)21-36(44(30)34)46-45(55)47-37(22-56-46)48(63-14-4-11-52(2,69)27-63)59-51(58-47)70-29-53(12-13-53)28-61-25-39-38(40(39)26-61)24-60-15-17-62(18-16-60)32-6-7-35-31(19-32)23-64(50(35)68)42-9-10-43(66)57-49(42)67/h5-8,19-22,38-40,42,65,69H,3-4,9-18,23-29H2,1-2H3,(H,57,66,67)/t38?,39-,40+,42-,52+/m0/s1. The quantitative estimate of drug-likeness (QED) is 0.131. The third-order valence-corrected chi connectivity index (χ3v) is 16.6. The van der Waals surface area contributed by atoms with Crippen LogP contribution in [0.1, 0.15) is 73.9 Å². The van der Waals surface area contributed by atoms with Crippen molar-refractivity contribution in [2.45, 2.75) is 77.0 Å². The lowest BCUT2D eigenvalue weighted by Gasteiger charge is -2.38. The molecule has 0 radical (unpaired) electrons. The van der Waals surface area contributed by atoms with Gasteiger partial charge in [-0.05, 0) is 121 Å². The van der Waals surface area contributed by atoms with E-state index in [1.807, 2.05) is 24.0 Å². The van der Waals surface area contributed by atoms with Gasteiger partial charge in [0, 0.05) is 107 Å². The second kappa shape index (κ2) is 17.1. The van der Waals surface area contributed by atoms with E-state index in [1.165, 1.54) is 18.3 Å². The lowest BCUT2D eigenvalue weighted by Crippen LogP contribution is -2.52. The molecule has 7 aliphatic rings. The molecule has 366 valence electrons. The van der Waals surface area contributed by atoms with E-state index in [-0.39, 0.29) is 52.2 Å². The Labute approximate surface area is 404 Å². The molecule has 2 saturated carbocycles. The number of anilines is 2. The van der Waals surface area contributed by atoms with E-state index in [0.717, 1.165) is 82.9 Å². The molecule has 3 N–H and O–H groups in total. The van der Waals surface area contributed by atoms with Crippen molar-refractivity contribution in [1.29, 1.82) is 0 Å². The number of phenols is 1. The van der Waals surface area contributed by atoms with Crippen molar-refractivity contribution in [2.75, 3.05) is 81.9 Å². The molecule has 4 saturated heterocycles. The van der Waals surface area contributed by atoms with Gasteiger partial charge < -0.3 is 34.5 Å². The maximum atomic E-state index is 17.1. The van der Waals surface area contributed by atoms with E-state index >= 15 is 8.78 Å². The van der Waals surface area contributed by atoms with Gasteiger partial charge >= 0.3 is 6.01 Å². The molecular weight excluding hydrogens is 897 g/mol. The monoisotopic (exact) mass is 955 g/mol. The largest absolute Gasteiger partial charge is 0.508 e. The maximum Gasteiger partial charge on any atom is 0.319 e. The zero-order valence-corrected chi connectivity index (χ0v) is 39.7. The number of amides is 3. The van der Waals surface area contributed by atoms with Crippen LogP contribution in [0.5, 0.6) is 11.8 Å². The van der Waals surface area contributed by atoms with Crippen molar-refractivity contribution in [3.05, 3.63) is 77.0 Å². The minimum absolute atomic E-state index is 0.0131. The number of hydrogen-bond donors (Lipinski definition) is 3. The average molecular weight is 956 g/mol. The van der Waals surface area contributed by atoms with Gasteiger partial charge in [0.2, 0.25) is 11.8 Å². The van der Waals surface area contributed by atoms with Gasteiger partial charge in [0.05, 0.1) is 17.6 Å². The minimum atomic E-state index is -0.965. The molecule has 15 nitrogen and oxygen atoms in total. The lowest BCUT2D eigenvalue weighted by atomic mass is 9.94. The predicted molar refractivity (Wildman–Crippen MR) is 259 cm³/mol. The van der Waals surface area contributed by atoms with Gasteiger partial charge in [-0.2, -0.15) is 9.97 Å². The number of rotatable bonds is 12. The summed E-state index contributed by atoms with van der Waals surface area (Å²) in [7, 11) is 0. The number of piperazine rings is 1. The first-order chi connectivity index (χ1) is 33.7. The summed E-state index contributed by atoms with van der Waals surface area (Å²) >= 11 is 0. The van der Waals surface area contributed by atoms with E-state index in [0.29, 0.717) is 96.4 Å². The fraction of sp³-hybridized carbons (Fsp3) is 0.509. The Hall–Kier alpha value is -6.04. The number of β-amino-alcohol motifs (C(OH)–C–C–N with tert-alkyl or cyclic N) is 1. The minimum Gasteiger partial charge on any atom is -0.508 e.